The minimum absolute atomic E-state index is 0.258. The van der Waals surface area contributed by atoms with Crippen LogP contribution in [0.15, 0.2) is 12.2 Å². The van der Waals surface area contributed by atoms with Crippen LogP contribution in [0.4, 0.5) is 0 Å². The molecule has 0 aromatic carbocycles. The molecule has 0 spiro atoms. The third-order valence-corrected chi connectivity index (χ3v) is 1.30. The van der Waals surface area contributed by atoms with Gasteiger partial charge in [-0.3, -0.25) is 4.79 Å². The quantitative estimate of drug-likeness (QED) is 0.610. The van der Waals surface area contributed by atoms with Gasteiger partial charge < -0.3 is 5.11 Å². The van der Waals surface area contributed by atoms with Crippen LogP contribution in [-0.4, -0.2) is 11.1 Å². The summed E-state index contributed by atoms with van der Waals surface area (Å²) in [6, 6.07) is 0. The van der Waals surface area contributed by atoms with Gasteiger partial charge in [0.25, 0.3) is 0 Å². The fraction of sp³-hybridized carbons (Fsp3) is 0.625. The number of carboxylic acid groups (broad SMARTS) is 1. The normalized spacial score (nSPS) is 13.8. The van der Waals surface area contributed by atoms with Gasteiger partial charge in [-0.05, 0) is 19.3 Å². The smallest absolute Gasteiger partial charge is 0.303 e. The van der Waals surface area contributed by atoms with Gasteiger partial charge >= 0.3 is 5.97 Å². The number of carboxylic acids is 1. The summed E-state index contributed by atoms with van der Waals surface area (Å²) in [7, 11) is 0. The highest BCUT2D eigenvalue weighted by molar-refractivity contribution is 5.66. The summed E-state index contributed by atoms with van der Waals surface area (Å²) in [4.78, 5) is 10.1. The summed E-state index contributed by atoms with van der Waals surface area (Å²) in [6.45, 7) is 3.88. The molecule has 2 nitrogen and oxygen atoms in total. The van der Waals surface area contributed by atoms with Gasteiger partial charge in [-0.15, -0.1) is 0 Å². The first-order valence-corrected chi connectivity index (χ1v) is 3.49. The third-order valence-electron chi connectivity index (χ3n) is 1.30. The highest BCUT2D eigenvalue weighted by atomic mass is 16.4. The van der Waals surface area contributed by atoms with Gasteiger partial charge in [0.05, 0.1) is 0 Å². The third kappa shape index (κ3) is 5.35. The van der Waals surface area contributed by atoms with Crippen LogP contribution in [0.25, 0.3) is 0 Å². The summed E-state index contributed by atoms with van der Waals surface area (Å²) in [6.07, 6.45) is 5.07. The molecule has 0 aromatic rings. The highest BCUT2D eigenvalue weighted by Gasteiger charge is 2.04. The highest BCUT2D eigenvalue weighted by Crippen LogP contribution is 2.07. The van der Waals surface area contributed by atoms with E-state index in [1.54, 1.807) is 0 Å². The van der Waals surface area contributed by atoms with E-state index in [1.807, 2.05) is 26.0 Å². The first-order valence-electron chi connectivity index (χ1n) is 3.49. The van der Waals surface area contributed by atoms with Crippen LogP contribution >= 0.6 is 0 Å². The van der Waals surface area contributed by atoms with Crippen LogP contribution in [0.2, 0.25) is 0 Å². The Kier molecular flexibility index (Phi) is 4.63. The zero-order valence-corrected chi connectivity index (χ0v) is 6.50. The molecule has 0 fully saturated rings. The van der Waals surface area contributed by atoms with E-state index in [9.17, 15) is 4.79 Å². The molecule has 1 unspecified atom stereocenters. The molecule has 0 amide bonds. The van der Waals surface area contributed by atoms with Crippen molar-refractivity contribution in [3.05, 3.63) is 12.2 Å². The van der Waals surface area contributed by atoms with E-state index in [0.29, 0.717) is 0 Å². The van der Waals surface area contributed by atoms with Gasteiger partial charge in [0.2, 0.25) is 0 Å². The van der Waals surface area contributed by atoms with E-state index < -0.39 is 5.97 Å². The van der Waals surface area contributed by atoms with Gasteiger partial charge in [0.1, 0.15) is 0 Å². The molecule has 0 heterocycles. The van der Waals surface area contributed by atoms with E-state index in [4.69, 9.17) is 5.11 Å². The van der Waals surface area contributed by atoms with E-state index in [1.165, 1.54) is 0 Å². The first-order chi connectivity index (χ1) is 4.66. The van der Waals surface area contributed by atoms with E-state index in [-0.39, 0.29) is 12.3 Å². The molecule has 0 radical (unpaired) electrons. The minimum Gasteiger partial charge on any atom is -0.481 e. The number of hydrogen-bond donors (Lipinski definition) is 1. The fourth-order valence-corrected chi connectivity index (χ4v) is 0.750. The maximum Gasteiger partial charge on any atom is 0.303 e. The van der Waals surface area contributed by atoms with Crippen LogP contribution < -0.4 is 0 Å². The lowest BCUT2D eigenvalue weighted by molar-refractivity contribution is -0.137. The molecular formula is C8H14O2. The second-order valence-corrected chi connectivity index (χ2v) is 2.51. The Balaban J connectivity index is 3.43. The molecule has 0 saturated carbocycles. The monoisotopic (exact) mass is 142 g/mol. The van der Waals surface area contributed by atoms with E-state index >= 15 is 0 Å². The second kappa shape index (κ2) is 5.03. The second-order valence-electron chi connectivity index (χ2n) is 2.51. The molecule has 0 aliphatic carbocycles. The summed E-state index contributed by atoms with van der Waals surface area (Å²) < 4.78 is 0. The molecule has 10 heavy (non-hydrogen) atoms. The maximum atomic E-state index is 10.1. The van der Waals surface area contributed by atoms with Crippen molar-refractivity contribution in [2.24, 2.45) is 5.92 Å². The number of aliphatic carboxylic acids is 1. The molecule has 0 bridgehead atoms. The predicted molar refractivity (Wildman–Crippen MR) is 40.8 cm³/mol. The van der Waals surface area contributed by atoms with Gasteiger partial charge in [-0.1, -0.05) is 19.1 Å². The zero-order valence-electron chi connectivity index (χ0n) is 6.50. The van der Waals surface area contributed by atoms with Crippen molar-refractivity contribution in [1.29, 1.82) is 0 Å². The average molecular weight is 142 g/mol. The molecule has 0 aliphatic heterocycles. The summed E-state index contributed by atoms with van der Waals surface area (Å²) >= 11 is 0. The van der Waals surface area contributed by atoms with Gasteiger partial charge in [0.15, 0.2) is 0 Å². The molecule has 0 saturated heterocycles. The van der Waals surface area contributed by atoms with Crippen molar-refractivity contribution in [2.75, 3.05) is 0 Å². The maximum absolute atomic E-state index is 10.1. The number of carbonyl (C=O) groups is 1. The molecule has 2 heteroatoms. The summed E-state index contributed by atoms with van der Waals surface area (Å²) in [5, 5.41) is 8.36. The van der Waals surface area contributed by atoms with Crippen molar-refractivity contribution in [2.45, 2.75) is 26.7 Å². The lowest BCUT2D eigenvalue weighted by Crippen LogP contribution is -2.02. The van der Waals surface area contributed by atoms with Crippen molar-refractivity contribution in [1.82, 2.24) is 0 Å². The van der Waals surface area contributed by atoms with Crippen molar-refractivity contribution in [3.63, 3.8) is 0 Å². The molecule has 0 aromatic heterocycles. The Morgan fingerprint density at radius 3 is 2.70 bits per heavy atom. The Bertz CT molecular complexity index is 127. The van der Waals surface area contributed by atoms with E-state index in [0.717, 1.165) is 6.42 Å². The van der Waals surface area contributed by atoms with Crippen molar-refractivity contribution in [3.8, 4) is 0 Å². The average Bonchev–Trinajstić information content (AvgIpc) is 1.82. The Morgan fingerprint density at radius 1 is 1.70 bits per heavy atom. The molecular weight excluding hydrogens is 128 g/mol. The zero-order chi connectivity index (χ0) is 7.98. The van der Waals surface area contributed by atoms with Crippen molar-refractivity contribution < 1.29 is 9.90 Å². The minimum atomic E-state index is -0.711. The van der Waals surface area contributed by atoms with Crippen LogP contribution in [0.3, 0.4) is 0 Å². The van der Waals surface area contributed by atoms with Gasteiger partial charge in [-0.25, -0.2) is 0 Å². The topological polar surface area (TPSA) is 37.3 Å². The molecule has 0 rings (SSSR count). The number of rotatable bonds is 4. The number of allylic oxidation sites excluding steroid dienone is 2. The van der Waals surface area contributed by atoms with Crippen LogP contribution in [0.1, 0.15) is 26.7 Å². The Hall–Kier alpha value is -0.790. The Labute approximate surface area is 61.6 Å². The number of hydrogen-bond acceptors (Lipinski definition) is 1. The lowest BCUT2D eigenvalue weighted by atomic mass is 10.0. The fourth-order valence-electron chi connectivity index (χ4n) is 0.750. The first kappa shape index (κ1) is 9.21. The predicted octanol–water partition coefficient (Wildman–Crippen LogP) is 2.06. The van der Waals surface area contributed by atoms with Gasteiger partial charge in [-0.2, -0.15) is 0 Å². The van der Waals surface area contributed by atoms with E-state index in [2.05, 4.69) is 0 Å². The Morgan fingerprint density at radius 2 is 2.30 bits per heavy atom. The molecule has 1 N–H and O–H groups in total. The van der Waals surface area contributed by atoms with Crippen LogP contribution in [0, 0.1) is 5.92 Å². The van der Waals surface area contributed by atoms with Crippen LogP contribution in [-0.2, 0) is 4.79 Å². The SMILES string of the molecule is CC=CCC(C)CC(=O)O. The summed E-state index contributed by atoms with van der Waals surface area (Å²) in [5.74, 6) is -0.453. The van der Waals surface area contributed by atoms with Gasteiger partial charge in [0, 0.05) is 6.42 Å². The molecule has 1 atom stereocenters. The summed E-state index contributed by atoms with van der Waals surface area (Å²) in [5.41, 5.74) is 0. The molecule has 58 valence electrons. The molecule has 0 aliphatic rings. The van der Waals surface area contributed by atoms with Crippen LogP contribution in [0.5, 0.6) is 0 Å². The largest absolute Gasteiger partial charge is 0.481 e. The van der Waals surface area contributed by atoms with Crippen molar-refractivity contribution >= 4 is 5.97 Å². The standard InChI is InChI=1S/C8H14O2/c1-3-4-5-7(2)6-8(9)10/h3-4,7H,5-6H2,1-2H3,(H,9,10). The lowest BCUT2D eigenvalue weighted by Gasteiger charge is -2.02.